The summed E-state index contributed by atoms with van der Waals surface area (Å²) in [4.78, 5) is 13.1. The summed E-state index contributed by atoms with van der Waals surface area (Å²) in [7, 11) is 0. The number of hydrogen-bond acceptors (Lipinski definition) is 3. The van der Waals surface area contributed by atoms with E-state index in [0.717, 1.165) is 32.5 Å². The van der Waals surface area contributed by atoms with Gasteiger partial charge in [0, 0.05) is 0 Å². The number of rotatable bonds is 5. The number of nitrogens with zero attached hydrogens (tertiary/aromatic N) is 1. The van der Waals surface area contributed by atoms with Crippen LogP contribution in [0, 0.1) is 5.92 Å². The summed E-state index contributed by atoms with van der Waals surface area (Å²) in [6.07, 6.45) is 4.02. The summed E-state index contributed by atoms with van der Waals surface area (Å²) in [6, 6.07) is -0.673. The predicted molar refractivity (Wildman–Crippen MR) is 59.7 cm³/mol. The third-order valence-corrected chi connectivity index (χ3v) is 3.15. The Morgan fingerprint density at radius 3 is 2.60 bits per heavy atom. The molecule has 0 saturated carbocycles. The predicted octanol–water partition coefficient (Wildman–Crippen LogP) is 0.910. The van der Waals surface area contributed by atoms with Gasteiger partial charge in [-0.3, -0.25) is 4.79 Å². The summed E-state index contributed by atoms with van der Waals surface area (Å²) in [6.45, 7) is 5.56. The number of nitrogens with two attached hydrogens (primary N) is 1. The van der Waals surface area contributed by atoms with Crippen LogP contribution in [0.4, 0.5) is 0 Å². The summed E-state index contributed by atoms with van der Waals surface area (Å²) < 4.78 is 0. The number of hydrogen-bond donors (Lipinski definition) is 2. The molecule has 1 saturated heterocycles. The topological polar surface area (TPSA) is 66.6 Å². The van der Waals surface area contributed by atoms with E-state index in [1.54, 1.807) is 0 Å². The van der Waals surface area contributed by atoms with Crippen molar-refractivity contribution in [3.05, 3.63) is 0 Å². The molecule has 1 atom stereocenters. The van der Waals surface area contributed by atoms with Gasteiger partial charge in [-0.25, -0.2) is 0 Å². The molecule has 88 valence electrons. The van der Waals surface area contributed by atoms with Crippen molar-refractivity contribution in [3.63, 3.8) is 0 Å². The fraction of sp³-hybridized carbons (Fsp3) is 0.909. The molecule has 4 nitrogen and oxygen atoms in total. The molecular weight excluding hydrogens is 192 g/mol. The maximum atomic E-state index is 10.6. The Morgan fingerprint density at radius 2 is 2.13 bits per heavy atom. The van der Waals surface area contributed by atoms with Gasteiger partial charge in [-0.1, -0.05) is 6.92 Å². The van der Waals surface area contributed by atoms with Gasteiger partial charge >= 0.3 is 5.97 Å². The second kappa shape index (κ2) is 6.08. The number of carboxylic acid groups (broad SMARTS) is 1. The van der Waals surface area contributed by atoms with Crippen LogP contribution in [-0.4, -0.2) is 41.7 Å². The van der Waals surface area contributed by atoms with E-state index in [-0.39, 0.29) is 0 Å². The van der Waals surface area contributed by atoms with Crippen LogP contribution in [0.25, 0.3) is 0 Å². The molecule has 0 unspecified atom stereocenters. The number of carboxylic acids is 1. The van der Waals surface area contributed by atoms with Gasteiger partial charge in [0.05, 0.1) is 0 Å². The molecule has 0 aliphatic carbocycles. The SMILES string of the molecule is CCCN1CCC(C[C@H](N)C(=O)O)CC1. The highest BCUT2D eigenvalue weighted by atomic mass is 16.4. The van der Waals surface area contributed by atoms with Crippen LogP contribution in [0.2, 0.25) is 0 Å². The molecule has 15 heavy (non-hydrogen) atoms. The molecule has 0 aromatic heterocycles. The highest BCUT2D eigenvalue weighted by Crippen LogP contribution is 2.21. The van der Waals surface area contributed by atoms with Crippen LogP contribution in [0.5, 0.6) is 0 Å². The average Bonchev–Trinajstić information content (AvgIpc) is 2.21. The fourth-order valence-corrected chi connectivity index (χ4v) is 2.22. The highest BCUT2D eigenvalue weighted by molar-refractivity contribution is 5.73. The van der Waals surface area contributed by atoms with Gasteiger partial charge in [0.25, 0.3) is 0 Å². The minimum absolute atomic E-state index is 0.504. The molecule has 1 aliphatic heterocycles. The van der Waals surface area contributed by atoms with Gasteiger partial charge in [0.2, 0.25) is 0 Å². The Labute approximate surface area is 91.4 Å². The van der Waals surface area contributed by atoms with Gasteiger partial charge in [-0.2, -0.15) is 0 Å². The Hall–Kier alpha value is -0.610. The van der Waals surface area contributed by atoms with Crippen molar-refractivity contribution in [2.75, 3.05) is 19.6 Å². The van der Waals surface area contributed by atoms with E-state index in [4.69, 9.17) is 10.8 Å². The van der Waals surface area contributed by atoms with Gasteiger partial charge in [0.15, 0.2) is 0 Å². The molecular formula is C11H22N2O2. The van der Waals surface area contributed by atoms with Crippen LogP contribution in [0.1, 0.15) is 32.6 Å². The molecule has 3 N–H and O–H groups in total. The second-order valence-electron chi connectivity index (χ2n) is 4.47. The maximum Gasteiger partial charge on any atom is 0.320 e. The molecule has 0 aromatic carbocycles. The average molecular weight is 214 g/mol. The van der Waals surface area contributed by atoms with Gasteiger partial charge in [-0.15, -0.1) is 0 Å². The van der Waals surface area contributed by atoms with Crippen molar-refractivity contribution in [2.24, 2.45) is 11.7 Å². The highest BCUT2D eigenvalue weighted by Gasteiger charge is 2.23. The lowest BCUT2D eigenvalue weighted by molar-refractivity contribution is -0.139. The summed E-state index contributed by atoms with van der Waals surface area (Å²) in [5.74, 6) is -0.366. The summed E-state index contributed by atoms with van der Waals surface area (Å²) >= 11 is 0. The molecule has 0 radical (unpaired) electrons. The molecule has 4 heteroatoms. The Bertz CT molecular complexity index is 201. The first-order chi connectivity index (χ1) is 7.13. The van der Waals surface area contributed by atoms with Crippen LogP contribution in [0.3, 0.4) is 0 Å². The Kier molecular flexibility index (Phi) is 5.05. The van der Waals surface area contributed by atoms with Crippen molar-refractivity contribution in [1.29, 1.82) is 0 Å². The Morgan fingerprint density at radius 1 is 1.53 bits per heavy atom. The largest absolute Gasteiger partial charge is 0.480 e. The molecule has 1 fully saturated rings. The number of carbonyl (C=O) groups is 1. The first kappa shape index (κ1) is 12.5. The first-order valence-electron chi connectivity index (χ1n) is 5.84. The van der Waals surface area contributed by atoms with E-state index in [2.05, 4.69) is 11.8 Å². The van der Waals surface area contributed by atoms with Gasteiger partial charge in [-0.05, 0) is 51.2 Å². The molecule has 1 aliphatic rings. The minimum Gasteiger partial charge on any atom is -0.480 e. The van der Waals surface area contributed by atoms with Crippen LogP contribution >= 0.6 is 0 Å². The minimum atomic E-state index is -0.869. The number of piperidine rings is 1. The molecule has 0 spiro atoms. The smallest absolute Gasteiger partial charge is 0.320 e. The zero-order chi connectivity index (χ0) is 11.3. The molecule has 0 bridgehead atoms. The zero-order valence-corrected chi connectivity index (χ0v) is 9.48. The van der Waals surface area contributed by atoms with Crippen molar-refractivity contribution in [2.45, 2.75) is 38.6 Å². The van der Waals surface area contributed by atoms with Crippen molar-refractivity contribution in [3.8, 4) is 0 Å². The Balaban J connectivity index is 2.22. The monoisotopic (exact) mass is 214 g/mol. The fourth-order valence-electron chi connectivity index (χ4n) is 2.22. The maximum absolute atomic E-state index is 10.6. The normalized spacial score (nSPS) is 21.5. The van der Waals surface area contributed by atoms with E-state index in [1.165, 1.54) is 6.42 Å². The van der Waals surface area contributed by atoms with E-state index in [9.17, 15) is 4.79 Å². The van der Waals surface area contributed by atoms with Crippen molar-refractivity contribution < 1.29 is 9.90 Å². The third-order valence-electron chi connectivity index (χ3n) is 3.15. The standard InChI is InChI=1S/C11H22N2O2/c1-2-5-13-6-3-9(4-7-13)8-10(12)11(14)15/h9-10H,2-8,12H2,1H3,(H,14,15)/t10-/m0/s1. The van der Waals surface area contributed by atoms with Gasteiger partial charge in [0.1, 0.15) is 6.04 Å². The summed E-state index contributed by atoms with van der Waals surface area (Å²) in [5, 5.41) is 8.71. The van der Waals surface area contributed by atoms with E-state index >= 15 is 0 Å². The second-order valence-corrected chi connectivity index (χ2v) is 4.47. The number of likely N-dealkylation sites (tertiary alicyclic amines) is 1. The molecule has 1 rings (SSSR count). The van der Waals surface area contributed by atoms with Crippen LogP contribution < -0.4 is 5.73 Å². The lowest BCUT2D eigenvalue weighted by Crippen LogP contribution is -2.38. The van der Waals surface area contributed by atoms with E-state index in [0.29, 0.717) is 12.3 Å². The van der Waals surface area contributed by atoms with E-state index in [1.807, 2.05) is 0 Å². The quantitative estimate of drug-likeness (QED) is 0.714. The van der Waals surface area contributed by atoms with Crippen LogP contribution in [-0.2, 0) is 4.79 Å². The lowest BCUT2D eigenvalue weighted by atomic mass is 9.90. The summed E-state index contributed by atoms with van der Waals surface area (Å²) in [5.41, 5.74) is 5.53. The van der Waals surface area contributed by atoms with Crippen molar-refractivity contribution in [1.82, 2.24) is 4.90 Å². The van der Waals surface area contributed by atoms with Crippen LogP contribution in [0.15, 0.2) is 0 Å². The first-order valence-corrected chi connectivity index (χ1v) is 5.84. The van der Waals surface area contributed by atoms with Crippen molar-refractivity contribution >= 4 is 5.97 Å². The lowest BCUT2D eigenvalue weighted by Gasteiger charge is -2.32. The zero-order valence-electron chi connectivity index (χ0n) is 9.48. The molecule has 0 amide bonds. The third kappa shape index (κ3) is 4.18. The van der Waals surface area contributed by atoms with Gasteiger partial charge < -0.3 is 15.7 Å². The molecule has 0 aromatic rings. The molecule has 1 heterocycles. The van der Waals surface area contributed by atoms with E-state index < -0.39 is 12.0 Å². The number of aliphatic carboxylic acids is 1.